The summed E-state index contributed by atoms with van der Waals surface area (Å²) < 4.78 is 26.6. The SMILES string of the molecule is CSc1cccc2sc(N(Cc3cccnc3)C(=O)CS(=O)(=O)c3ccccc3)nc12. The van der Waals surface area contributed by atoms with E-state index in [0.29, 0.717) is 5.13 Å². The fraction of sp³-hybridized carbons (Fsp3) is 0.136. The van der Waals surface area contributed by atoms with Gasteiger partial charge in [0.15, 0.2) is 15.0 Å². The van der Waals surface area contributed by atoms with E-state index in [4.69, 9.17) is 4.98 Å². The van der Waals surface area contributed by atoms with Crippen LogP contribution < -0.4 is 4.90 Å². The number of carbonyl (C=O) groups excluding carboxylic acids is 1. The van der Waals surface area contributed by atoms with Gasteiger partial charge in [-0.25, -0.2) is 13.4 Å². The van der Waals surface area contributed by atoms with Gasteiger partial charge in [0, 0.05) is 17.3 Å². The van der Waals surface area contributed by atoms with Crippen molar-refractivity contribution in [3.05, 3.63) is 78.6 Å². The van der Waals surface area contributed by atoms with Crippen LogP contribution in [0, 0.1) is 0 Å². The number of sulfone groups is 1. The van der Waals surface area contributed by atoms with Crippen molar-refractivity contribution in [3.63, 3.8) is 0 Å². The molecule has 0 spiro atoms. The minimum atomic E-state index is -3.78. The zero-order valence-corrected chi connectivity index (χ0v) is 19.1. The third-order valence-corrected chi connectivity index (χ3v) is 8.03. The summed E-state index contributed by atoms with van der Waals surface area (Å²) in [4.78, 5) is 24.6. The second-order valence-electron chi connectivity index (χ2n) is 6.72. The zero-order chi connectivity index (χ0) is 21.8. The number of rotatable bonds is 7. The third kappa shape index (κ3) is 4.79. The molecule has 0 aliphatic carbocycles. The van der Waals surface area contributed by atoms with Gasteiger partial charge in [-0.05, 0) is 42.2 Å². The monoisotopic (exact) mass is 469 g/mol. The van der Waals surface area contributed by atoms with Crippen LogP contribution >= 0.6 is 23.1 Å². The summed E-state index contributed by atoms with van der Waals surface area (Å²) in [5.74, 6) is -1.17. The van der Waals surface area contributed by atoms with Gasteiger partial charge >= 0.3 is 0 Å². The lowest BCUT2D eigenvalue weighted by atomic mass is 10.2. The van der Waals surface area contributed by atoms with E-state index < -0.39 is 21.5 Å². The molecule has 31 heavy (non-hydrogen) atoms. The predicted molar refractivity (Wildman–Crippen MR) is 125 cm³/mol. The number of para-hydroxylation sites is 1. The van der Waals surface area contributed by atoms with Gasteiger partial charge in [-0.15, -0.1) is 11.8 Å². The molecule has 158 valence electrons. The molecule has 2 aromatic heterocycles. The Labute approximate surface area is 188 Å². The summed E-state index contributed by atoms with van der Waals surface area (Å²) in [6, 6.07) is 17.5. The van der Waals surface area contributed by atoms with Crippen LogP contribution in [0.1, 0.15) is 5.56 Å². The van der Waals surface area contributed by atoms with Crippen molar-refractivity contribution in [2.24, 2.45) is 0 Å². The highest BCUT2D eigenvalue weighted by Gasteiger charge is 2.27. The molecule has 4 rings (SSSR count). The normalized spacial score (nSPS) is 11.5. The van der Waals surface area contributed by atoms with Gasteiger partial charge in [-0.2, -0.15) is 0 Å². The number of carbonyl (C=O) groups is 1. The molecular weight excluding hydrogens is 450 g/mol. The Balaban J connectivity index is 1.72. The standard InChI is InChI=1S/C22H19N3O3S3/c1-29-18-10-5-11-19-21(18)24-22(30-19)25(14-16-7-6-12-23-13-16)20(26)15-31(27,28)17-8-3-2-4-9-17/h2-13H,14-15H2,1H3. The van der Waals surface area contributed by atoms with E-state index in [2.05, 4.69) is 4.98 Å². The topological polar surface area (TPSA) is 80.2 Å². The number of thioether (sulfide) groups is 1. The second-order valence-corrected chi connectivity index (χ2v) is 10.6. The summed E-state index contributed by atoms with van der Waals surface area (Å²) >= 11 is 2.95. The largest absolute Gasteiger partial charge is 0.283 e. The van der Waals surface area contributed by atoms with E-state index in [-0.39, 0.29) is 11.4 Å². The number of amides is 1. The molecule has 0 unspecified atom stereocenters. The zero-order valence-electron chi connectivity index (χ0n) is 16.6. The highest BCUT2D eigenvalue weighted by molar-refractivity contribution is 7.98. The Kier molecular flexibility index (Phi) is 6.35. The number of aromatic nitrogens is 2. The Morgan fingerprint density at radius 2 is 1.87 bits per heavy atom. The van der Waals surface area contributed by atoms with Gasteiger partial charge < -0.3 is 0 Å². The smallest absolute Gasteiger partial charge is 0.244 e. The minimum absolute atomic E-state index is 0.124. The molecule has 9 heteroatoms. The predicted octanol–water partition coefficient (Wildman–Crippen LogP) is 4.42. The number of pyridine rings is 1. The van der Waals surface area contributed by atoms with E-state index in [1.54, 1.807) is 48.4 Å². The molecule has 0 atom stereocenters. The van der Waals surface area contributed by atoms with Gasteiger partial charge in [-0.3, -0.25) is 14.7 Å². The molecule has 0 fully saturated rings. The lowest BCUT2D eigenvalue weighted by molar-refractivity contribution is -0.116. The molecular formula is C22H19N3O3S3. The lowest BCUT2D eigenvalue weighted by Crippen LogP contribution is -2.35. The van der Waals surface area contributed by atoms with Crippen molar-refractivity contribution in [2.75, 3.05) is 16.9 Å². The van der Waals surface area contributed by atoms with Crippen LogP contribution in [0.2, 0.25) is 0 Å². The van der Waals surface area contributed by atoms with Gasteiger partial charge in [0.1, 0.15) is 5.75 Å². The molecule has 0 radical (unpaired) electrons. The number of anilines is 1. The summed E-state index contributed by atoms with van der Waals surface area (Å²) in [5, 5.41) is 0.466. The van der Waals surface area contributed by atoms with Crippen LogP contribution in [-0.4, -0.2) is 36.3 Å². The van der Waals surface area contributed by atoms with Crippen LogP contribution in [0.3, 0.4) is 0 Å². The fourth-order valence-corrected chi connectivity index (χ4v) is 5.94. The van der Waals surface area contributed by atoms with Crippen molar-refractivity contribution in [2.45, 2.75) is 16.3 Å². The molecule has 0 saturated heterocycles. The maximum Gasteiger partial charge on any atom is 0.244 e. The summed E-state index contributed by atoms with van der Waals surface area (Å²) in [7, 11) is -3.78. The van der Waals surface area contributed by atoms with Gasteiger partial charge in [0.2, 0.25) is 5.91 Å². The number of hydrogen-bond acceptors (Lipinski definition) is 7. The van der Waals surface area contributed by atoms with E-state index in [9.17, 15) is 13.2 Å². The van der Waals surface area contributed by atoms with Gasteiger partial charge in [-0.1, -0.05) is 41.7 Å². The minimum Gasteiger partial charge on any atom is -0.283 e. The molecule has 2 aromatic carbocycles. The van der Waals surface area contributed by atoms with Crippen molar-refractivity contribution >= 4 is 54.2 Å². The van der Waals surface area contributed by atoms with Crippen molar-refractivity contribution in [1.82, 2.24) is 9.97 Å². The van der Waals surface area contributed by atoms with E-state index in [1.165, 1.54) is 28.4 Å². The number of thiazole rings is 1. The van der Waals surface area contributed by atoms with Gasteiger partial charge in [0.05, 0.1) is 21.7 Å². The van der Waals surface area contributed by atoms with E-state index in [0.717, 1.165) is 20.7 Å². The molecule has 0 N–H and O–H groups in total. The maximum atomic E-state index is 13.3. The van der Waals surface area contributed by atoms with Crippen molar-refractivity contribution in [1.29, 1.82) is 0 Å². The number of nitrogens with zero attached hydrogens (tertiary/aromatic N) is 3. The lowest BCUT2D eigenvalue weighted by Gasteiger charge is -2.20. The average Bonchev–Trinajstić information content (AvgIpc) is 3.22. The number of benzene rings is 2. The average molecular weight is 470 g/mol. The first kappa shape index (κ1) is 21.5. The quantitative estimate of drug-likeness (QED) is 0.373. The number of fused-ring (bicyclic) bond motifs is 1. The Morgan fingerprint density at radius 3 is 2.58 bits per heavy atom. The summed E-state index contributed by atoms with van der Waals surface area (Å²) in [6.45, 7) is 0.186. The highest BCUT2D eigenvalue weighted by atomic mass is 32.2. The van der Waals surface area contributed by atoms with E-state index in [1.807, 2.05) is 30.5 Å². The first-order valence-corrected chi connectivity index (χ1v) is 13.1. The van der Waals surface area contributed by atoms with E-state index >= 15 is 0 Å². The number of hydrogen-bond donors (Lipinski definition) is 0. The molecule has 0 aliphatic rings. The van der Waals surface area contributed by atoms with Crippen molar-refractivity contribution in [3.8, 4) is 0 Å². The molecule has 1 amide bonds. The van der Waals surface area contributed by atoms with Crippen LogP contribution in [0.15, 0.2) is 82.8 Å². The first-order chi connectivity index (χ1) is 15.0. The summed E-state index contributed by atoms with van der Waals surface area (Å²) in [6.07, 6.45) is 5.28. The van der Waals surface area contributed by atoms with Crippen LogP contribution in [0.25, 0.3) is 10.2 Å². The molecule has 4 aromatic rings. The highest BCUT2D eigenvalue weighted by Crippen LogP contribution is 2.35. The Morgan fingerprint density at radius 1 is 1.06 bits per heavy atom. The maximum absolute atomic E-state index is 13.3. The fourth-order valence-electron chi connectivity index (χ4n) is 3.08. The molecule has 2 heterocycles. The van der Waals surface area contributed by atoms with Crippen LogP contribution in [0.4, 0.5) is 5.13 Å². The molecule has 0 aliphatic heterocycles. The molecule has 6 nitrogen and oxygen atoms in total. The molecule has 0 saturated carbocycles. The van der Waals surface area contributed by atoms with Crippen LogP contribution in [-0.2, 0) is 21.2 Å². The third-order valence-electron chi connectivity index (χ3n) is 4.60. The van der Waals surface area contributed by atoms with Crippen molar-refractivity contribution < 1.29 is 13.2 Å². The van der Waals surface area contributed by atoms with Crippen LogP contribution in [0.5, 0.6) is 0 Å². The Bertz CT molecular complexity index is 1310. The second kappa shape index (κ2) is 9.17. The Hall–Kier alpha value is -2.75. The molecule has 0 bridgehead atoms. The first-order valence-electron chi connectivity index (χ1n) is 9.38. The van der Waals surface area contributed by atoms with Gasteiger partial charge in [0.25, 0.3) is 0 Å². The summed E-state index contributed by atoms with van der Waals surface area (Å²) in [5.41, 5.74) is 1.60.